The topological polar surface area (TPSA) is 85.9 Å². The molecule has 0 spiro atoms. The number of nitrogens with one attached hydrogen (secondary N) is 1. The Morgan fingerprint density at radius 2 is 1.97 bits per heavy atom. The van der Waals surface area contributed by atoms with E-state index in [-0.39, 0.29) is 22.4 Å². The molecule has 0 bridgehead atoms. The van der Waals surface area contributed by atoms with Crippen LogP contribution >= 0.6 is 11.8 Å². The lowest BCUT2D eigenvalue weighted by molar-refractivity contribution is -0.138. The van der Waals surface area contributed by atoms with Crippen LogP contribution in [0.4, 0.5) is 23.7 Å². The predicted molar refractivity (Wildman–Crippen MR) is 106 cm³/mol. The molecule has 0 aromatic heterocycles. The Kier molecular flexibility index (Phi) is 5.73. The molecule has 3 rings (SSSR count). The lowest BCUT2D eigenvalue weighted by atomic mass is 10.1. The highest BCUT2D eigenvalue weighted by Gasteiger charge is 2.35. The second-order valence-electron chi connectivity index (χ2n) is 5.83. The molecule has 152 valence electrons. The van der Waals surface area contributed by atoms with Gasteiger partial charge in [-0.3, -0.25) is 9.79 Å². The van der Waals surface area contributed by atoms with Gasteiger partial charge in [-0.15, -0.1) is 0 Å². The van der Waals surface area contributed by atoms with Gasteiger partial charge in [0.05, 0.1) is 12.0 Å². The maximum Gasteiger partial charge on any atom is 0.420 e. The standard InChI is InChI=1S/C19H16F3N3O3S/c1-24-17-15(29-18(26)25-17)8-10-4-3-5-14(16(10)27-2)28-13-7-6-11(23)9-12(13)19(20,21)22/h3-9H,23H2,1-2H3,(H,24,25,26)/b15-8-. The number of carbonyl (C=O) groups is 1. The summed E-state index contributed by atoms with van der Waals surface area (Å²) in [6.07, 6.45) is -3.00. The monoisotopic (exact) mass is 423 g/mol. The number of rotatable bonds is 4. The zero-order valence-electron chi connectivity index (χ0n) is 15.3. The molecule has 2 aromatic carbocycles. The first kappa shape index (κ1) is 20.6. The maximum absolute atomic E-state index is 13.4. The first-order valence-corrected chi connectivity index (χ1v) is 9.04. The van der Waals surface area contributed by atoms with Crippen LogP contribution in [0.15, 0.2) is 46.3 Å². The van der Waals surface area contributed by atoms with E-state index in [4.69, 9.17) is 15.2 Å². The summed E-state index contributed by atoms with van der Waals surface area (Å²) in [6, 6.07) is 8.05. The summed E-state index contributed by atoms with van der Waals surface area (Å²) in [5.74, 6) is 0.277. The minimum absolute atomic E-state index is 0.0306. The molecule has 0 atom stereocenters. The molecule has 29 heavy (non-hydrogen) atoms. The van der Waals surface area contributed by atoms with Crippen LogP contribution in [0.25, 0.3) is 6.08 Å². The Morgan fingerprint density at radius 3 is 2.62 bits per heavy atom. The molecule has 6 nitrogen and oxygen atoms in total. The lowest BCUT2D eigenvalue weighted by Gasteiger charge is -2.17. The number of alkyl halides is 3. The Morgan fingerprint density at radius 1 is 1.21 bits per heavy atom. The fraction of sp³-hybridized carbons (Fsp3) is 0.158. The zero-order chi connectivity index (χ0) is 21.2. The number of aliphatic imine (C=N–C) groups is 1. The van der Waals surface area contributed by atoms with Gasteiger partial charge in [0, 0.05) is 18.3 Å². The van der Waals surface area contributed by atoms with E-state index >= 15 is 0 Å². The van der Waals surface area contributed by atoms with Gasteiger partial charge in [-0.1, -0.05) is 12.1 Å². The van der Waals surface area contributed by atoms with Crippen LogP contribution < -0.4 is 20.5 Å². The van der Waals surface area contributed by atoms with Crippen molar-refractivity contribution in [3.63, 3.8) is 0 Å². The highest BCUT2D eigenvalue weighted by molar-refractivity contribution is 8.18. The van der Waals surface area contributed by atoms with Crippen LogP contribution in [0.2, 0.25) is 0 Å². The molecule has 0 unspecified atom stereocenters. The normalized spacial score (nSPS) is 16.9. The summed E-state index contributed by atoms with van der Waals surface area (Å²) in [4.78, 5) is 16.1. The largest absolute Gasteiger partial charge is 0.492 e. The fourth-order valence-electron chi connectivity index (χ4n) is 2.66. The van der Waals surface area contributed by atoms with Gasteiger partial charge < -0.3 is 20.5 Å². The number of anilines is 1. The van der Waals surface area contributed by atoms with E-state index in [1.807, 2.05) is 0 Å². The number of hydrogen-bond acceptors (Lipinski definition) is 6. The van der Waals surface area contributed by atoms with Gasteiger partial charge in [0.15, 0.2) is 11.5 Å². The molecule has 2 aromatic rings. The van der Waals surface area contributed by atoms with Crippen molar-refractivity contribution in [2.24, 2.45) is 4.99 Å². The molecule has 1 fully saturated rings. The highest BCUT2D eigenvalue weighted by Crippen LogP contribution is 2.42. The van der Waals surface area contributed by atoms with Crippen molar-refractivity contribution in [2.75, 3.05) is 19.9 Å². The number of methoxy groups -OCH3 is 1. The second kappa shape index (κ2) is 8.08. The van der Waals surface area contributed by atoms with E-state index in [1.54, 1.807) is 18.2 Å². The molecule has 1 heterocycles. The van der Waals surface area contributed by atoms with E-state index in [9.17, 15) is 18.0 Å². The predicted octanol–water partition coefficient (Wildman–Crippen LogP) is 4.91. The van der Waals surface area contributed by atoms with E-state index in [1.165, 1.54) is 26.3 Å². The average Bonchev–Trinajstić information content (AvgIpc) is 3.02. The summed E-state index contributed by atoms with van der Waals surface area (Å²) in [5, 5.41) is 2.31. The van der Waals surface area contributed by atoms with Crippen LogP contribution in [-0.2, 0) is 6.18 Å². The molecular formula is C19H16F3N3O3S. The van der Waals surface area contributed by atoms with Crippen molar-refractivity contribution in [3.05, 3.63) is 52.4 Å². The van der Waals surface area contributed by atoms with Crippen LogP contribution in [0.3, 0.4) is 0 Å². The number of amidine groups is 1. The first-order chi connectivity index (χ1) is 13.7. The van der Waals surface area contributed by atoms with Gasteiger partial charge >= 0.3 is 6.18 Å². The number of carbonyl (C=O) groups excluding carboxylic acids is 1. The van der Waals surface area contributed by atoms with E-state index in [2.05, 4.69) is 10.3 Å². The Labute approximate surface area is 168 Å². The van der Waals surface area contributed by atoms with Crippen LogP contribution in [0, 0.1) is 0 Å². The molecule has 10 heteroatoms. The second-order valence-corrected chi connectivity index (χ2v) is 6.84. The third kappa shape index (κ3) is 4.48. The number of halogens is 3. The molecule has 1 aliphatic heterocycles. The number of nitrogen functional groups attached to an aromatic ring is 1. The number of hydrogen-bond donors (Lipinski definition) is 2. The van der Waals surface area contributed by atoms with Gasteiger partial charge in [0.25, 0.3) is 5.24 Å². The van der Waals surface area contributed by atoms with Crippen LogP contribution in [-0.4, -0.2) is 25.2 Å². The van der Waals surface area contributed by atoms with Crippen LogP contribution in [0.5, 0.6) is 17.2 Å². The fourth-order valence-corrected chi connectivity index (χ4v) is 3.43. The third-order valence-corrected chi connectivity index (χ3v) is 4.73. The number of nitrogens with zero attached hydrogens (tertiary/aromatic N) is 1. The van der Waals surface area contributed by atoms with E-state index < -0.39 is 17.5 Å². The molecule has 1 saturated heterocycles. The Balaban J connectivity index is 2.03. The first-order valence-electron chi connectivity index (χ1n) is 8.22. The van der Waals surface area contributed by atoms with Crippen molar-refractivity contribution in [3.8, 4) is 17.2 Å². The van der Waals surface area contributed by atoms with Gasteiger partial charge in [0.1, 0.15) is 17.1 Å². The summed E-state index contributed by atoms with van der Waals surface area (Å²) in [7, 11) is 2.91. The van der Waals surface area contributed by atoms with Gasteiger partial charge in [-0.25, -0.2) is 0 Å². The summed E-state index contributed by atoms with van der Waals surface area (Å²) >= 11 is 0.951. The third-order valence-electron chi connectivity index (χ3n) is 3.91. The number of thioether (sulfide) groups is 1. The van der Waals surface area contributed by atoms with Crippen LogP contribution in [0.1, 0.15) is 11.1 Å². The molecule has 3 N–H and O–H groups in total. The summed E-state index contributed by atoms with van der Waals surface area (Å²) in [5.41, 5.74) is 4.97. The Bertz CT molecular complexity index is 1020. The van der Waals surface area contributed by atoms with Crippen molar-refractivity contribution < 1.29 is 27.4 Å². The summed E-state index contributed by atoms with van der Waals surface area (Å²) < 4.78 is 51.0. The molecule has 0 saturated carbocycles. The maximum atomic E-state index is 13.4. The van der Waals surface area contributed by atoms with Gasteiger partial charge in [-0.2, -0.15) is 13.2 Å². The number of para-hydroxylation sites is 1. The summed E-state index contributed by atoms with van der Waals surface area (Å²) in [6.45, 7) is 0. The number of ether oxygens (including phenoxy) is 2. The van der Waals surface area contributed by atoms with Gasteiger partial charge in [-0.05, 0) is 42.1 Å². The molecule has 1 amide bonds. The van der Waals surface area contributed by atoms with E-state index in [0.717, 1.165) is 23.9 Å². The Hall–Kier alpha value is -3.14. The quantitative estimate of drug-likeness (QED) is 0.682. The van der Waals surface area contributed by atoms with Crippen molar-refractivity contribution in [2.45, 2.75) is 6.18 Å². The molecule has 0 aliphatic carbocycles. The van der Waals surface area contributed by atoms with Crippen molar-refractivity contribution >= 4 is 34.6 Å². The molecule has 1 aliphatic rings. The zero-order valence-corrected chi connectivity index (χ0v) is 16.1. The lowest BCUT2D eigenvalue weighted by Crippen LogP contribution is -2.18. The van der Waals surface area contributed by atoms with Crippen molar-refractivity contribution in [1.29, 1.82) is 0 Å². The molecule has 0 radical (unpaired) electrons. The van der Waals surface area contributed by atoms with Gasteiger partial charge in [0.2, 0.25) is 0 Å². The highest BCUT2D eigenvalue weighted by atomic mass is 32.2. The van der Waals surface area contributed by atoms with E-state index in [0.29, 0.717) is 16.3 Å². The SMILES string of the molecule is CN=C1NC(=O)S/C1=C\c1cccc(Oc2ccc(N)cc2C(F)(F)F)c1OC. The minimum atomic E-state index is -4.64. The average molecular weight is 423 g/mol. The molecular weight excluding hydrogens is 407 g/mol. The number of amides is 1. The minimum Gasteiger partial charge on any atom is -0.492 e. The number of benzene rings is 2. The number of nitrogens with two attached hydrogens (primary N) is 1. The smallest absolute Gasteiger partial charge is 0.420 e. The van der Waals surface area contributed by atoms with Crippen molar-refractivity contribution in [1.82, 2.24) is 5.32 Å².